The van der Waals surface area contributed by atoms with Crippen molar-refractivity contribution in [1.82, 2.24) is 14.5 Å². The third-order valence-electron chi connectivity index (χ3n) is 3.71. The van der Waals surface area contributed by atoms with E-state index >= 15 is 0 Å². The summed E-state index contributed by atoms with van der Waals surface area (Å²) in [7, 11) is 1.73. The fourth-order valence-electron chi connectivity index (χ4n) is 2.76. The van der Waals surface area contributed by atoms with E-state index in [9.17, 15) is 0 Å². The summed E-state index contributed by atoms with van der Waals surface area (Å²) < 4.78 is 13.3. The third kappa shape index (κ3) is 2.69. The maximum absolute atomic E-state index is 5.93. The minimum atomic E-state index is 0.0844. The van der Waals surface area contributed by atoms with Gasteiger partial charge < -0.3 is 9.47 Å². The lowest BCUT2D eigenvalue weighted by Crippen LogP contribution is -2.20. The maximum atomic E-state index is 5.93. The molecular weight excluding hydrogens is 254 g/mol. The number of aryl methyl sites for hydroxylation is 1. The summed E-state index contributed by atoms with van der Waals surface area (Å²) in [6, 6.07) is 3.95. The fourth-order valence-corrected chi connectivity index (χ4v) is 2.76. The van der Waals surface area contributed by atoms with Crippen molar-refractivity contribution >= 4 is 11.2 Å². The van der Waals surface area contributed by atoms with Crippen LogP contribution in [0.15, 0.2) is 18.3 Å². The summed E-state index contributed by atoms with van der Waals surface area (Å²) in [5.41, 5.74) is 1.89. The van der Waals surface area contributed by atoms with E-state index in [4.69, 9.17) is 14.5 Å². The van der Waals surface area contributed by atoms with Gasteiger partial charge in [0, 0.05) is 32.9 Å². The van der Waals surface area contributed by atoms with Gasteiger partial charge in [-0.25, -0.2) is 9.97 Å². The molecule has 0 spiro atoms. The van der Waals surface area contributed by atoms with E-state index in [0.717, 1.165) is 55.9 Å². The van der Waals surface area contributed by atoms with Crippen molar-refractivity contribution in [3.05, 3.63) is 24.2 Å². The summed E-state index contributed by atoms with van der Waals surface area (Å²) in [6.07, 6.45) is 7.16. The molecule has 2 aromatic rings. The standard InChI is InChI=1S/C15H21N3O2/c1-19-10-5-7-13-17-12-6-4-9-16-15(12)18(13)14-8-2-3-11-20-14/h4,6,9,14H,2-3,5,7-8,10-11H2,1H3. The predicted molar refractivity (Wildman–Crippen MR) is 76.6 cm³/mol. The summed E-state index contributed by atoms with van der Waals surface area (Å²) in [5.74, 6) is 1.06. The minimum absolute atomic E-state index is 0.0844. The van der Waals surface area contributed by atoms with Crippen LogP contribution in [-0.4, -0.2) is 34.9 Å². The van der Waals surface area contributed by atoms with Gasteiger partial charge in [-0.15, -0.1) is 0 Å². The number of ether oxygens (including phenoxy) is 2. The van der Waals surface area contributed by atoms with Crippen molar-refractivity contribution in [3.8, 4) is 0 Å². The van der Waals surface area contributed by atoms with Crippen LogP contribution in [0.25, 0.3) is 11.2 Å². The van der Waals surface area contributed by atoms with E-state index in [2.05, 4.69) is 9.55 Å². The van der Waals surface area contributed by atoms with Gasteiger partial charge in [0.2, 0.25) is 0 Å². The molecule has 3 heterocycles. The summed E-state index contributed by atoms with van der Waals surface area (Å²) >= 11 is 0. The molecule has 5 heteroatoms. The Labute approximate surface area is 118 Å². The molecule has 2 aromatic heterocycles. The second-order valence-corrected chi connectivity index (χ2v) is 5.16. The normalized spacial score (nSPS) is 19.6. The molecule has 108 valence electrons. The first kappa shape index (κ1) is 13.5. The third-order valence-corrected chi connectivity index (χ3v) is 3.71. The molecule has 1 fully saturated rings. The fraction of sp³-hybridized carbons (Fsp3) is 0.600. The van der Waals surface area contributed by atoms with E-state index in [1.807, 2.05) is 18.3 Å². The van der Waals surface area contributed by atoms with Gasteiger partial charge in [-0.05, 0) is 37.8 Å². The second-order valence-electron chi connectivity index (χ2n) is 5.16. The number of methoxy groups -OCH3 is 1. The zero-order valence-corrected chi connectivity index (χ0v) is 11.9. The number of nitrogens with zero attached hydrogens (tertiary/aromatic N) is 3. The topological polar surface area (TPSA) is 49.2 Å². The van der Waals surface area contributed by atoms with Crippen molar-refractivity contribution in [2.45, 2.75) is 38.3 Å². The van der Waals surface area contributed by atoms with Crippen LogP contribution >= 0.6 is 0 Å². The minimum Gasteiger partial charge on any atom is -0.385 e. The number of fused-ring (bicyclic) bond motifs is 1. The molecule has 3 rings (SSSR count). The highest BCUT2D eigenvalue weighted by Gasteiger charge is 2.22. The molecule has 1 unspecified atom stereocenters. The zero-order chi connectivity index (χ0) is 13.8. The van der Waals surface area contributed by atoms with Gasteiger partial charge in [-0.3, -0.25) is 4.57 Å². The number of rotatable bonds is 5. The second kappa shape index (κ2) is 6.33. The first-order chi connectivity index (χ1) is 9.90. The maximum Gasteiger partial charge on any atom is 0.162 e. The lowest BCUT2D eigenvalue weighted by Gasteiger charge is -2.25. The molecule has 0 aromatic carbocycles. The van der Waals surface area contributed by atoms with Gasteiger partial charge in [0.1, 0.15) is 17.6 Å². The Morgan fingerprint density at radius 3 is 3.20 bits per heavy atom. The molecule has 1 aliphatic heterocycles. The average Bonchev–Trinajstić information content (AvgIpc) is 2.86. The summed E-state index contributed by atoms with van der Waals surface area (Å²) in [6.45, 7) is 1.58. The van der Waals surface area contributed by atoms with Gasteiger partial charge in [-0.2, -0.15) is 0 Å². The van der Waals surface area contributed by atoms with Crippen LogP contribution in [0.5, 0.6) is 0 Å². The molecule has 0 saturated carbocycles. The molecule has 1 aliphatic rings. The van der Waals surface area contributed by atoms with Crippen molar-refractivity contribution in [2.75, 3.05) is 20.3 Å². The highest BCUT2D eigenvalue weighted by molar-refractivity contribution is 5.71. The summed E-state index contributed by atoms with van der Waals surface area (Å²) in [4.78, 5) is 9.22. The van der Waals surface area contributed by atoms with Gasteiger partial charge in [0.05, 0.1) is 0 Å². The van der Waals surface area contributed by atoms with Crippen LogP contribution in [-0.2, 0) is 15.9 Å². The summed E-state index contributed by atoms with van der Waals surface area (Å²) in [5, 5.41) is 0. The largest absolute Gasteiger partial charge is 0.385 e. The first-order valence-electron chi connectivity index (χ1n) is 7.32. The Bertz CT molecular complexity index is 561. The van der Waals surface area contributed by atoms with Gasteiger partial charge in [0.25, 0.3) is 0 Å². The van der Waals surface area contributed by atoms with Crippen LogP contribution in [0.2, 0.25) is 0 Å². The van der Waals surface area contributed by atoms with E-state index in [0.29, 0.717) is 0 Å². The Morgan fingerprint density at radius 1 is 1.45 bits per heavy atom. The Morgan fingerprint density at radius 2 is 2.40 bits per heavy atom. The van der Waals surface area contributed by atoms with Crippen LogP contribution in [0.1, 0.15) is 37.7 Å². The van der Waals surface area contributed by atoms with E-state index in [1.165, 1.54) is 6.42 Å². The molecule has 1 saturated heterocycles. The van der Waals surface area contributed by atoms with Gasteiger partial charge >= 0.3 is 0 Å². The number of hydrogen-bond acceptors (Lipinski definition) is 4. The molecular formula is C15H21N3O2. The number of imidazole rings is 1. The Kier molecular flexibility index (Phi) is 4.28. The van der Waals surface area contributed by atoms with Crippen molar-refractivity contribution < 1.29 is 9.47 Å². The molecule has 0 bridgehead atoms. The monoisotopic (exact) mass is 275 g/mol. The van der Waals surface area contributed by atoms with Gasteiger partial charge in [0.15, 0.2) is 5.65 Å². The average molecular weight is 275 g/mol. The van der Waals surface area contributed by atoms with E-state index in [-0.39, 0.29) is 6.23 Å². The Balaban J connectivity index is 1.94. The quantitative estimate of drug-likeness (QED) is 0.787. The Hall–Kier alpha value is -1.46. The van der Waals surface area contributed by atoms with E-state index in [1.54, 1.807) is 7.11 Å². The van der Waals surface area contributed by atoms with Crippen LogP contribution in [0.3, 0.4) is 0 Å². The van der Waals surface area contributed by atoms with Crippen LogP contribution < -0.4 is 0 Å². The smallest absolute Gasteiger partial charge is 0.162 e. The first-order valence-corrected chi connectivity index (χ1v) is 7.32. The van der Waals surface area contributed by atoms with Crippen molar-refractivity contribution in [2.24, 2.45) is 0 Å². The molecule has 0 N–H and O–H groups in total. The predicted octanol–water partition coefficient (Wildman–Crippen LogP) is 2.71. The van der Waals surface area contributed by atoms with Crippen molar-refractivity contribution in [3.63, 3.8) is 0 Å². The van der Waals surface area contributed by atoms with Crippen molar-refractivity contribution in [1.29, 1.82) is 0 Å². The highest BCUT2D eigenvalue weighted by atomic mass is 16.5. The zero-order valence-electron chi connectivity index (χ0n) is 11.9. The molecule has 0 amide bonds. The molecule has 0 aliphatic carbocycles. The van der Waals surface area contributed by atoms with Crippen LogP contribution in [0, 0.1) is 0 Å². The molecule has 1 atom stereocenters. The lowest BCUT2D eigenvalue weighted by molar-refractivity contribution is -0.0314. The van der Waals surface area contributed by atoms with Crippen LogP contribution in [0.4, 0.5) is 0 Å². The van der Waals surface area contributed by atoms with E-state index < -0.39 is 0 Å². The number of aromatic nitrogens is 3. The van der Waals surface area contributed by atoms with Gasteiger partial charge in [-0.1, -0.05) is 0 Å². The molecule has 5 nitrogen and oxygen atoms in total. The lowest BCUT2D eigenvalue weighted by atomic mass is 10.2. The number of hydrogen-bond donors (Lipinski definition) is 0. The highest BCUT2D eigenvalue weighted by Crippen LogP contribution is 2.28. The molecule has 20 heavy (non-hydrogen) atoms. The SMILES string of the molecule is COCCCc1nc2cccnc2n1C1CCCCO1. The molecule has 0 radical (unpaired) electrons. The number of pyridine rings is 1.